The third kappa shape index (κ3) is 6.15. The van der Waals surface area contributed by atoms with Crippen molar-refractivity contribution in [1.82, 2.24) is 4.90 Å². The van der Waals surface area contributed by atoms with Crippen LogP contribution in [0.1, 0.15) is 53.4 Å². The highest BCUT2D eigenvalue weighted by atomic mass is 16.7. The van der Waals surface area contributed by atoms with E-state index < -0.39 is 5.60 Å². The van der Waals surface area contributed by atoms with Gasteiger partial charge in [0, 0.05) is 19.5 Å². The lowest BCUT2D eigenvalue weighted by molar-refractivity contribution is -0.147. The maximum Gasteiger partial charge on any atom is 0.410 e. The van der Waals surface area contributed by atoms with Gasteiger partial charge in [-0.2, -0.15) is 0 Å². The Kier molecular flexibility index (Phi) is 6.09. The van der Waals surface area contributed by atoms with Gasteiger partial charge in [-0.3, -0.25) is 0 Å². The van der Waals surface area contributed by atoms with Crippen molar-refractivity contribution in [2.45, 2.75) is 64.8 Å². The number of ether oxygens (including phenoxy) is 3. The molecule has 132 valence electrons. The summed E-state index contributed by atoms with van der Waals surface area (Å²) in [4.78, 5) is 13.8. The van der Waals surface area contributed by atoms with Crippen LogP contribution in [-0.4, -0.2) is 48.7 Å². The third-order valence-electron chi connectivity index (χ3n) is 4.18. The number of hydrogen-bond donors (Lipinski definition) is 0. The smallest absolute Gasteiger partial charge is 0.410 e. The Balaban J connectivity index is 1.64. The first-order chi connectivity index (χ1) is 10.8. The van der Waals surface area contributed by atoms with Crippen molar-refractivity contribution in [3.63, 3.8) is 0 Å². The number of carbonyl (C=O) groups is 1. The fourth-order valence-electron chi connectivity index (χ4n) is 2.97. The molecule has 5 nitrogen and oxygen atoms in total. The SMILES string of the molecule is CC(C)(C)OC(=O)N1CCC(C=CCCCC2(C)OCCO2)C1. The van der Waals surface area contributed by atoms with Gasteiger partial charge in [-0.25, -0.2) is 4.79 Å². The van der Waals surface area contributed by atoms with Crippen LogP contribution >= 0.6 is 0 Å². The average Bonchev–Trinajstić information content (AvgIpc) is 3.06. The monoisotopic (exact) mass is 325 g/mol. The Labute approximate surface area is 140 Å². The van der Waals surface area contributed by atoms with Gasteiger partial charge in [0.15, 0.2) is 5.79 Å². The van der Waals surface area contributed by atoms with Gasteiger partial charge >= 0.3 is 6.09 Å². The second-order valence-electron chi connectivity index (χ2n) is 7.63. The molecule has 1 unspecified atom stereocenters. The topological polar surface area (TPSA) is 48.0 Å². The van der Waals surface area contributed by atoms with Gasteiger partial charge in [0.2, 0.25) is 0 Å². The first kappa shape index (κ1) is 18.3. The van der Waals surface area contributed by atoms with Crippen molar-refractivity contribution in [3.05, 3.63) is 12.2 Å². The van der Waals surface area contributed by atoms with E-state index in [2.05, 4.69) is 12.2 Å². The van der Waals surface area contributed by atoms with Crippen molar-refractivity contribution in [3.8, 4) is 0 Å². The van der Waals surface area contributed by atoms with Crippen molar-refractivity contribution in [1.29, 1.82) is 0 Å². The Morgan fingerprint density at radius 2 is 2.04 bits per heavy atom. The summed E-state index contributed by atoms with van der Waals surface area (Å²) >= 11 is 0. The van der Waals surface area contributed by atoms with Crippen LogP contribution in [0.4, 0.5) is 4.79 Å². The van der Waals surface area contributed by atoms with Gasteiger partial charge in [0.25, 0.3) is 0 Å². The van der Waals surface area contributed by atoms with Gasteiger partial charge in [0.05, 0.1) is 13.2 Å². The van der Waals surface area contributed by atoms with E-state index in [4.69, 9.17) is 14.2 Å². The molecule has 1 atom stereocenters. The fourth-order valence-corrected chi connectivity index (χ4v) is 2.97. The Morgan fingerprint density at radius 3 is 2.70 bits per heavy atom. The van der Waals surface area contributed by atoms with E-state index in [0.717, 1.165) is 38.8 Å². The molecule has 2 fully saturated rings. The van der Waals surface area contributed by atoms with Crippen molar-refractivity contribution in [2.24, 2.45) is 5.92 Å². The summed E-state index contributed by atoms with van der Waals surface area (Å²) in [7, 11) is 0. The molecule has 0 bridgehead atoms. The van der Waals surface area contributed by atoms with Crippen LogP contribution in [0.3, 0.4) is 0 Å². The quantitative estimate of drug-likeness (QED) is 0.571. The van der Waals surface area contributed by atoms with Gasteiger partial charge in [-0.05, 0) is 52.9 Å². The van der Waals surface area contributed by atoms with Gasteiger partial charge in [-0.15, -0.1) is 0 Å². The molecule has 2 heterocycles. The zero-order valence-corrected chi connectivity index (χ0v) is 15.0. The first-order valence-corrected chi connectivity index (χ1v) is 8.70. The number of likely N-dealkylation sites (tertiary alicyclic amines) is 1. The van der Waals surface area contributed by atoms with Crippen molar-refractivity contribution >= 4 is 6.09 Å². The minimum atomic E-state index is -0.425. The molecule has 5 heteroatoms. The third-order valence-corrected chi connectivity index (χ3v) is 4.18. The molecule has 2 saturated heterocycles. The largest absolute Gasteiger partial charge is 0.444 e. The Hall–Kier alpha value is -1.07. The van der Waals surface area contributed by atoms with E-state index in [9.17, 15) is 4.79 Å². The second-order valence-corrected chi connectivity index (χ2v) is 7.63. The molecule has 0 N–H and O–H groups in total. The van der Waals surface area contributed by atoms with Gasteiger partial charge in [-0.1, -0.05) is 12.2 Å². The first-order valence-electron chi connectivity index (χ1n) is 8.70. The molecule has 0 radical (unpaired) electrons. The summed E-state index contributed by atoms with van der Waals surface area (Å²) in [6, 6.07) is 0. The molecule has 0 aliphatic carbocycles. The Bertz CT molecular complexity index is 421. The number of amides is 1. The number of carbonyl (C=O) groups excluding carboxylic acids is 1. The lowest BCUT2D eigenvalue weighted by atomic mass is 10.1. The maximum absolute atomic E-state index is 12.0. The van der Waals surface area contributed by atoms with E-state index in [-0.39, 0.29) is 11.9 Å². The predicted molar refractivity (Wildman–Crippen MR) is 89.2 cm³/mol. The minimum Gasteiger partial charge on any atom is -0.444 e. The summed E-state index contributed by atoms with van der Waals surface area (Å²) in [6.45, 7) is 10.7. The molecular weight excluding hydrogens is 294 g/mol. The molecule has 2 aliphatic rings. The second kappa shape index (κ2) is 7.67. The lowest BCUT2D eigenvalue weighted by Crippen LogP contribution is -2.35. The zero-order chi connectivity index (χ0) is 16.9. The van der Waals surface area contributed by atoms with Crippen molar-refractivity contribution in [2.75, 3.05) is 26.3 Å². The van der Waals surface area contributed by atoms with E-state index >= 15 is 0 Å². The number of rotatable bonds is 5. The van der Waals surface area contributed by atoms with Crippen LogP contribution in [0.25, 0.3) is 0 Å². The number of hydrogen-bond acceptors (Lipinski definition) is 4. The molecule has 0 aromatic carbocycles. The molecule has 0 aromatic heterocycles. The summed E-state index contributed by atoms with van der Waals surface area (Å²) in [5.74, 6) is 0.0615. The van der Waals surface area contributed by atoms with Gasteiger partial charge in [0.1, 0.15) is 5.60 Å². The molecule has 1 amide bonds. The lowest BCUT2D eigenvalue weighted by Gasteiger charge is -2.24. The van der Waals surface area contributed by atoms with E-state index in [1.165, 1.54) is 0 Å². The molecule has 2 rings (SSSR count). The van der Waals surface area contributed by atoms with E-state index in [1.807, 2.05) is 32.6 Å². The Morgan fingerprint density at radius 1 is 1.35 bits per heavy atom. The number of nitrogens with zero attached hydrogens (tertiary/aromatic N) is 1. The normalized spacial score (nSPS) is 24.5. The van der Waals surface area contributed by atoms with Crippen LogP contribution in [-0.2, 0) is 14.2 Å². The highest BCUT2D eigenvalue weighted by Gasteiger charge is 2.30. The molecule has 23 heavy (non-hydrogen) atoms. The van der Waals surface area contributed by atoms with Crippen LogP contribution in [0.5, 0.6) is 0 Å². The summed E-state index contributed by atoms with van der Waals surface area (Å²) in [5.41, 5.74) is -0.425. The highest BCUT2D eigenvalue weighted by molar-refractivity contribution is 5.68. The van der Waals surface area contributed by atoms with Crippen LogP contribution in [0.15, 0.2) is 12.2 Å². The van der Waals surface area contributed by atoms with Gasteiger partial charge < -0.3 is 19.1 Å². The molecule has 0 aromatic rings. The highest BCUT2D eigenvalue weighted by Crippen LogP contribution is 2.25. The summed E-state index contributed by atoms with van der Waals surface area (Å²) in [5, 5.41) is 0. The van der Waals surface area contributed by atoms with Crippen LogP contribution < -0.4 is 0 Å². The fraction of sp³-hybridized carbons (Fsp3) is 0.833. The molecule has 2 aliphatic heterocycles. The summed E-state index contributed by atoms with van der Waals surface area (Å²) < 4.78 is 16.6. The molecule has 0 saturated carbocycles. The summed E-state index contributed by atoms with van der Waals surface area (Å²) in [6.07, 6.45) is 8.27. The predicted octanol–water partition coefficient (Wildman–Crippen LogP) is 3.73. The standard InChI is InChI=1S/C18H31NO4/c1-17(2,3)23-16(20)19-11-9-15(14-19)8-6-5-7-10-18(4)21-12-13-22-18/h6,8,15H,5,7,9-14H2,1-4H3. The van der Waals surface area contributed by atoms with Crippen LogP contribution in [0.2, 0.25) is 0 Å². The minimum absolute atomic E-state index is 0.197. The van der Waals surface area contributed by atoms with E-state index in [1.54, 1.807) is 0 Å². The zero-order valence-electron chi connectivity index (χ0n) is 15.0. The maximum atomic E-state index is 12.0. The molecule has 0 spiro atoms. The van der Waals surface area contributed by atoms with Crippen LogP contribution in [0, 0.1) is 5.92 Å². The van der Waals surface area contributed by atoms with E-state index in [0.29, 0.717) is 19.1 Å². The molecular formula is C18H31NO4. The average molecular weight is 325 g/mol. The van der Waals surface area contributed by atoms with Crippen molar-refractivity contribution < 1.29 is 19.0 Å². The number of unbranched alkanes of at least 4 members (excludes halogenated alkanes) is 1. The number of allylic oxidation sites excluding steroid dienone is 1.